The molecule has 22 heavy (non-hydrogen) atoms. The fourth-order valence-corrected chi connectivity index (χ4v) is 3.08. The summed E-state index contributed by atoms with van der Waals surface area (Å²) in [5, 5.41) is 23.6. The lowest BCUT2D eigenvalue weighted by atomic mass is 9.79. The summed E-state index contributed by atoms with van der Waals surface area (Å²) in [6, 6.07) is 5.22. The Bertz CT molecular complexity index is 476. The molecule has 1 aromatic rings. The van der Waals surface area contributed by atoms with Crippen LogP contribution in [0.2, 0.25) is 0 Å². The van der Waals surface area contributed by atoms with Gasteiger partial charge in [-0.2, -0.15) is 0 Å². The minimum Gasteiger partial charge on any atom is -0.507 e. The Morgan fingerprint density at radius 3 is 2.50 bits per heavy atom. The Morgan fingerprint density at radius 1 is 1.32 bits per heavy atom. The Labute approximate surface area is 138 Å². The van der Waals surface area contributed by atoms with E-state index in [1.165, 1.54) is 0 Å². The number of benzene rings is 1. The van der Waals surface area contributed by atoms with Crippen LogP contribution < -0.4 is 10.1 Å². The van der Waals surface area contributed by atoms with Crippen molar-refractivity contribution in [1.29, 1.82) is 0 Å². The van der Waals surface area contributed by atoms with E-state index in [0.29, 0.717) is 5.75 Å². The van der Waals surface area contributed by atoms with Gasteiger partial charge in [0.2, 0.25) is 0 Å². The second-order valence-electron chi connectivity index (χ2n) is 6.23. The van der Waals surface area contributed by atoms with E-state index in [9.17, 15) is 10.2 Å². The molecule has 1 atom stereocenters. The van der Waals surface area contributed by atoms with Gasteiger partial charge in [0.05, 0.1) is 12.7 Å². The predicted octanol–water partition coefficient (Wildman–Crippen LogP) is 1.79. The predicted molar refractivity (Wildman–Crippen MR) is 90.0 cm³/mol. The zero-order chi connectivity index (χ0) is 15.5. The van der Waals surface area contributed by atoms with Crippen LogP contribution in [0.4, 0.5) is 0 Å². The lowest BCUT2D eigenvalue weighted by Gasteiger charge is -2.44. The second kappa shape index (κ2) is 8.02. The van der Waals surface area contributed by atoms with E-state index >= 15 is 0 Å². The molecule has 126 valence electrons. The van der Waals surface area contributed by atoms with Crippen LogP contribution in [-0.2, 0) is 0 Å². The number of nitrogens with one attached hydrogen (secondary N) is 1. The highest BCUT2D eigenvalue weighted by atomic mass is 35.5. The third kappa shape index (κ3) is 3.84. The van der Waals surface area contributed by atoms with Crippen molar-refractivity contribution >= 4 is 12.4 Å². The van der Waals surface area contributed by atoms with Gasteiger partial charge in [0.25, 0.3) is 0 Å². The van der Waals surface area contributed by atoms with Crippen LogP contribution in [0, 0.1) is 5.41 Å². The van der Waals surface area contributed by atoms with E-state index in [2.05, 4.69) is 10.2 Å². The number of phenols is 1. The first-order valence-corrected chi connectivity index (χ1v) is 7.42. The largest absolute Gasteiger partial charge is 0.507 e. The number of hydrogen-bond donors (Lipinski definition) is 3. The summed E-state index contributed by atoms with van der Waals surface area (Å²) >= 11 is 0. The summed E-state index contributed by atoms with van der Waals surface area (Å²) in [5.74, 6) is 0.888. The van der Waals surface area contributed by atoms with Crippen molar-refractivity contribution in [3.63, 3.8) is 0 Å². The number of methoxy groups -OCH3 is 1. The van der Waals surface area contributed by atoms with Gasteiger partial charge in [-0.3, -0.25) is 4.90 Å². The summed E-state index contributed by atoms with van der Waals surface area (Å²) in [6.45, 7) is 7.66. The maximum Gasteiger partial charge on any atom is 0.127 e. The molecule has 1 aliphatic rings. The summed E-state index contributed by atoms with van der Waals surface area (Å²) in [4.78, 5) is 2.31. The number of ether oxygens (including phenoxy) is 1. The van der Waals surface area contributed by atoms with E-state index in [4.69, 9.17) is 4.74 Å². The molecular weight excluding hydrogens is 304 g/mol. The number of nitrogens with zero attached hydrogens (tertiary/aromatic N) is 1. The maximum absolute atomic E-state index is 10.4. The van der Waals surface area contributed by atoms with Crippen LogP contribution in [0.5, 0.6) is 11.5 Å². The van der Waals surface area contributed by atoms with Gasteiger partial charge in [0.15, 0.2) is 0 Å². The molecule has 0 radical (unpaired) electrons. The lowest BCUT2D eigenvalue weighted by Crippen LogP contribution is -2.49. The zero-order valence-electron chi connectivity index (χ0n) is 13.5. The van der Waals surface area contributed by atoms with Gasteiger partial charge in [-0.1, -0.05) is 19.9 Å². The fraction of sp³-hybridized carbons (Fsp3) is 0.625. The van der Waals surface area contributed by atoms with Crippen molar-refractivity contribution in [2.24, 2.45) is 5.41 Å². The highest BCUT2D eigenvalue weighted by Gasteiger charge is 2.38. The summed E-state index contributed by atoms with van der Waals surface area (Å²) in [6.07, 6.45) is 0. The number of phenolic OH excluding ortho intramolecular Hbond substituents is 1. The minimum atomic E-state index is -0.385. The van der Waals surface area contributed by atoms with E-state index in [1.54, 1.807) is 19.2 Å². The van der Waals surface area contributed by atoms with Gasteiger partial charge in [-0.15, -0.1) is 12.4 Å². The van der Waals surface area contributed by atoms with Gasteiger partial charge >= 0.3 is 0 Å². The molecule has 1 heterocycles. The molecule has 3 N–H and O–H groups in total. The van der Waals surface area contributed by atoms with Crippen LogP contribution >= 0.6 is 12.4 Å². The lowest BCUT2D eigenvalue weighted by molar-refractivity contribution is 0.0280. The molecule has 2 rings (SSSR count). The molecule has 0 aromatic heterocycles. The highest BCUT2D eigenvalue weighted by Crippen LogP contribution is 2.45. The maximum atomic E-state index is 10.4. The molecule has 1 aliphatic heterocycles. The molecule has 0 bridgehead atoms. The van der Waals surface area contributed by atoms with Crippen molar-refractivity contribution < 1.29 is 14.9 Å². The number of piperazine rings is 1. The normalized spacial score (nSPS) is 17.6. The van der Waals surface area contributed by atoms with Crippen molar-refractivity contribution in [3.8, 4) is 11.5 Å². The number of aliphatic hydroxyl groups excluding tert-OH is 1. The van der Waals surface area contributed by atoms with Crippen LogP contribution in [-0.4, -0.2) is 55.0 Å². The van der Waals surface area contributed by atoms with E-state index in [1.807, 2.05) is 19.9 Å². The molecule has 1 saturated heterocycles. The molecule has 0 saturated carbocycles. The van der Waals surface area contributed by atoms with Crippen molar-refractivity contribution in [2.45, 2.75) is 19.9 Å². The SMILES string of the molecule is COc1cccc(O)c1[C@H](N1CCNCC1)C(C)(C)CO.Cl. The number of hydrogen-bond acceptors (Lipinski definition) is 5. The molecular formula is C16H27ClN2O3. The van der Waals surface area contributed by atoms with E-state index in [-0.39, 0.29) is 36.2 Å². The van der Waals surface area contributed by atoms with Crippen LogP contribution in [0.1, 0.15) is 25.5 Å². The van der Waals surface area contributed by atoms with E-state index < -0.39 is 0 Å². The van der Waals surface area contributed by atoms with Gasteiger partial charge < -0.3 is 20.3 Å². The molecule has 5 nitrogen and oxygen atoms in total. The van der Waals surface area contributed by atoms with Crippen LogP contribution in [0.3, 0.4) is 0 Å². The quantitative estimate of drug-likeness (QED) is 0.768. The summed E-state index contributed by atoms with van der Waals surface area (Å²) in [7, 11) is 1.61. The average Bonchev–Trinajstić information content (AvgIpc) is 2.50. The smallest absolute Gasteiger partial charge is 0.127 e. The average molecular weight is 331 g/mol. The third-order valence-corrected chi connectivity index (χ3v) is 4.20. The Balaban J connectivity index is 0.00000242. The number of aromatic hydroxyl groups is 1. The molecule has 1 fully saturated rings. The summed E-state index contributed by atoms with van der Waals surface area (Å²) in [5.41, 5.74) is 0.379. The molecule has 0 amide bonds. The van der Waals surface area contributed by atoms with E-state index in [0.717, 1.165) is 31.7 Å². The second-order valence-corrected chi connectivity index (χ2v) is 6.23. The molecule has 0 unspecified atom stereocenters. The standard InChI is InChI=1S/C16H26N2O3.ClH/c1-16(2,11-19)15(18-9-7-17-8-10-18)14-12(20)5-4-6-13(14)21-3;/h4-6,15,17,19-20H,7-11H2,1-3H3;1H/t15-;/m0./s1. The van der Waals surface area contributed by atoms with Gasteiger partial charge in [-0.05, 0) is 12.1 Å². The first-order chi connectivity index (χ1) is 10.0. The van der Waals surface area contributed by atoms with Crippen LogP contribution in [0.15, 0.2) is 18.2 Å². The number of halogens is 1. The highest BCUT2D eigenvalue weighted by molar-refractivity contribution is 5.85. The zero-order valence-corrected chi connectivity index (χ0v) is 14.3. The summed E-state index contributed by atoms with van der Waals surface area (Å²) < 4.78 is 5.45. The monoisotopic (exact) mass is 330 g/mol. The van der Waals surface area contributed by atoms with Gasteiger partial charge in [0.1, 0.15) is 11.5 Å². The Hall–Kier alpha value is -1.01. The van der Waals surface area contributed by atoms with Gasteiger partial charge in [0, 0.05) is 44.2 Å². The molecule has 1 aromatic carbocycles. The van der Waals surface area contributed by atoms with Crippen molar-refractivity contribution in [1.82, 2.24) is 10.2 Å². The number of rotatable bonds is 5. The molecule has 0 aliphatic carbocycles. The first-order valence-electron chi connectivity index (χ1n) is 7.42. The Kier molecular flexibility index (Phi) is 6.94. The minimum absolute atomic E-state index is 0. The Morgan fingerprint density at radius 2 is 1.95 bits per heavy atom. The van der Waals surface area contributed by atoms with Gasteiger partial charge in [-0.25, -0.2) is 0 Å². The fourth-order valence-electron chi connectivity index (χ4n) is 3.08. The van der Waals surface area contributed by atoms with Crippen molar-refractivity contribution in [2.75, 3.05) is 39.9 Å². The topological polar surface area (TPSA) is 65.0 Å². The van der Waals surface area contributed by atoms with Crippen LogP contribution in [0.25, 0.3) is 0 Å². The van der Waals surface area contributed by atoms with Crippen molar-refractivity contribution in [3.05, 3.63) is 23.8 Å². The third-order valence-electron chi connectivity index (χ3n) is 4.20. The number of aliphatic hydroxyl groups is 1. The molecule has 0 spiro atoms. The first kappa shape index (κ1) is 19.0. The molecule has 6 heteroatoms.